The van der Waals surface area contributed by atoms with Gasteiger partial charge in [0.15, 0.2) is 0 Å². The standard InChI is InChI=1S/C11H14Cl2N2O2/c1-7-4-8(14-17-7)5-15(3)9(16)10(2)6-11(10,12)13/h4H,5-6H2,1-3H3/t10-/m0/s1. The summed E-state index contributed by atoms with van der Waals surface area (Å²) >= 11 is 12.0. The van der Waals surface area contributed by atoms with Crippen molar-refractivity contribution in [3.05, 3.63) is 17.5 Å². The summed E-state index contributed by atoms with van der Waals surface area (Å²) in [6.07, 6.45) is 0.490. The van der Waals surface area contributed by atoms with E-state index in [1.54, 1.807) is 24.9 Å². The molecule has 2 rings (SSSR count). The van der Waals surface area contributed by atoms with Gasteiger partial charge in [-0.15, -0.1) is 23.2 Å². The van der Waals surface area contributed by atoms with Crippen LogP contribution in [-0.4, -0.2) is 27.3 Å². The predicted molar refractivity (Wildman–Crippen MR) is 64.9 cm³/mol. The lowest BCUT2D eigenvalue weighted by atomic mass is 10.1. The van der Waals surface area contributed by atoms with Crippen LogP contribution in [0.3, 0.4) is 0 Å². The number of rotatable bonds is 3. The van der Waals surface area contributed by atoms with Crippen LogP contribution in [0.15, 0.2) is 10.6 Å². The molecular formula is C11H14Cl2N2O2. The fourth-order valence-corrected chi connectivity index (χ4v) is 2.56. The van der Waals surface area contributed by atoms with E-state index in [4.69, 9.17) is 27.7 Å². The Balaban J connectivity index is 2.02. The number of hydrogen-bond acceptors (Lipinski definition) is 3. The fraction of sp³-hybridized carbons (Fsp3) is 0.636. The van der Waals surface area contributed by atoms with E-state index < -0.39 is 9.75 Å². The minimum atomic E-state index is -0.932. The van der Waals surface area contributed by atoms with Crippen molar-refractivity contribution < 1.29 is 9.32 Å². The molecule has 1 aliphatic rings. The minimum Gasteiger partial charge on any atom is -0.361 e. The molecule has 1 fully saturated rings. The average molecular weight is 277 g/mol. The lowest BCUT2D eigenvalue weighted by Gasteiger charge is -2.21. The van der Waals surface area contributed by atoms with E-state index in [-0.39, 0.29) is 5.91 Å². The molecule has 1 amide bonds. The molecule has 0 aromatic carbocycles. The summed E-state index contributed by atoms with van der Waals surface area (Å²) in [7, 11) is 1.71. The fourth-order valence-electron chi connectivity index (χ4n) is 1.86. The van der Waals surface area contributed by atoms with E-state index in [9.17, 15) is 4.79 Å². The van der Waals surface area contributed by atoms with Crippen molar-refractivity contribution >= 4 is 29.1 Å². The van der Waals surface area contributed by atoms with E-state index in [1.807, 2.05) is 6.92 Å². The predicted octanol–water partition coefficient (Wildman–Crippen LogP) is 2.53. The van der Waals surface area contributed by atoms with Gasteiger partial charge >= 0.3 is 0 Å². The molecular weight excluding hydrogens is 263 g/mol. The second-order valence-corrected chi connectivity index (χ2v) is 6.29. The van der Waals surface area contributed by atoms with Gasteiger partial charge in [0.25, 0.3) is 0 Å². The first-order valence-corrected chi connectivity index (χ1v) is 6.07. The Hall–Kier alpha value is -0.740. The van der Waals surface area contributed by atoms with Crippen LogP contribution in [0.4, 0.5) is 0 Å². The first-order valence-electron chi connectivity index (χ1n) is 5.32. The molecule has 0 aliphatic heterocycles. The van der Waals surface area contributed by atoms with Gasteiger partial charge in [-0.1, -0.05) is 5.16 Å². The third-order valence-corrected chi connectivity index (χ3v) is 4.25. The number of hydrogen-bond donors (Lipinski definition) is 0. The number of amides is 1. The highest BCUT2D eigenvalue weighted by atomic mass is 35.5. The molecule has 4 nitrogen and oxygen atoms in total. The summed E-state index contributed by atoms with van der Waals surface area (Å²) in [5.74, 6) is 0.658. The molecule has 0 radical (unpaired) electrons. The summed E-state index contributed by atoms with van der Waals surface area (Å²) < 4.78 is 4.01. The summed E-state index contributed by atoms with van der Waals surface area (Å²) in [5.41, 5.74) is 0.0428. The Labute approximate surface area is 110 Å². The van der Waals surface area contributed by atoms with E-state index >= 15 is 0 Å². The van der Waals surface area contributed by atoms with Crippen LogP contribution in [0.5, 0.6) is 0 Å². The SMILES string of the molecule is Cc1cc(CN(C)C(=O)[C@]2(C)CC2(Cl)Cl)no1. The van der Waals surface area contributed by atoms with Crippen LogP contribution in [0.1, 0.15) is 24.8 Å². The van der Waals surface area contributed by atoms with E-state index in [0.717, 1.165) is 11.5 Å². The zero-order chi connectivity index (χ0) is 12.8. The number of nitrogens with zero attached hydrogens (tertiary/aromatic N) is 2. The quantitative estimate of drug-likeness (QED) is 0.797. The summed E-state index contributed by atoms with van der Waals surface area (Å²) in [6.45, 7) is 3.98. The Bertz CT molecular complexity index is 458. The lowest BCUT2D eigenvalue weighted by molar-refractivity contribution is -0.135. The van der Waals surface area contributed by atoms with Gasteiger partial charge in [0.2, 0.25) is 5.91 Å². The van der Waals surface area contributed by atoms with Gasteiger partial charge in [0.05, 0.1) is 12.0 Å². The molecule has 1 heterocycles. The van der Waals surface area contributed by atoms with Gasteiger partial charge in [0, 0.05) is 13.1 Å². The molecule has 17 heavy (non-hydrogen) atoms. The van der Waals surface area contributed by atoms with Crippen LogP contribution in [0, 0.1) is 12.3 Å². The number of carbonyl (C=O) groups excluding carboxylic acids is 1. The number of aryl methyl sites for hydroxylation is 1. The number of aromatic nitrogens is 1. The molecule has 94 valence electrons. The normalized spacial score (nSPS) is 25.7. The van der Waals surface area contributed by atoms with Crippen molar-refractivity contribution in [3.8, 4) is 0 Å². The molecule has 0 spiro atoms. The largest absolute Gasteiger partial charge is 0.361 e. The minimum absolute atomic E-state index is 0.0665. The molecule has 0 saturated heterocycles. The van der Waals surface area contributed by atoms with Gasteiger partial charge in [0.1, 0.15) is 15.8 Å². The zero-order valence-electron chi connectivity index (χ0n) is 9.96. The van der Waals surface area contributed by atoms with E-state index in [1.165, 1.54) is 0 Å². The Morgan fingerprint density at radius 3 is 2.65 bits per heavy atom. The summed E-state index contributed by atoms with van der Waals surface area (Å²) in [6, 6.07) is 1.80. The van der Waals surface area contributed by atoms with Crippen LogP contribution in [0.2, 0.25) is 0 Å². The highest BCUT2D eigenvalue weighted by Crippen LogP contribution is 2.64. The lowest BCUT2D eigenvalue weighted by Crippen LogP contribution is -2.34. The smallest absolute Gasteiger partial charge is 0.231 e. The second kappa shape index (κ2) is 3.89. The van der Waals surface area contributed by atoms with Crippen LogP contribution in [-0.2, 0) is 11.3 Å². The maximum Gasteiger partial charge on any atom is 0.231 e. The zero-order valence-corrected chi connectivity index (χ0v) is 11.5. The topological polar surface area (TPSA) is 46.3 Å². The molecule has 6 heteroatoms. The molecule has 0 unspecified atom stereocenters. The van der Waals surface area contributed by atoms with Crippen LogP contribution < -0.4 is 0 Å². The van der Waals surface area contributed by atoms with Crippen molar-refractivity contribution in [2.24, 2.45) is 5.41 Å². The van der Waals surface area contributed by atoms with Crippen LogP contribution in [0.25, 0.3) is 0 Å². The highest BCUT2D eigenvalue weighted by molar-refractivity contribution is 6.53. The number of alkyl halides is 2. The van der Waals surface area contributed by atoms with Crippen molar-refractivity contribution in [3.63, 3.8) is 0 Å². The molecule has 0 N–H and O–H groups in total. The third kappa shape index (κ3) is 2.16. The Morgan fingerprint density at radius 1 is 1.65 bits per heavy atom. The van der Waals surface area contributed by atoms with Crippen molar-refractivity contribution in [1.82, 2.24) is 10.1 Å². The maximum absolute atomic E-state index is 12.2. The van der Waals surface area contributed by atoms with Gasteiger partial charge < -0.3 is 9.42 Å². The third-order valence-electron chi connectivity index (χ3n) is 3.15. The Kier molecular flexibility index (Phi) is 2.91. The molecule has 1 atom stereocenters. The van der Waals surface area contributed by atoms with Crippen LogP contribution >= 0.6 is 23.2 Å². The molecule has 1 saturated carbocycles. The number of carbonyl (C=O) groups is 1. The summed E-state index contributed by atoms with van der Waals surface area (Å²) in [5, 5.41) is 3.84. The molecule has 1 aromatic heterocycles. The first-order chi connectivity index (χ1) is 7.76. The van der Waals surface area contributed by atoms with Crippen molar-refractivity contribution in [2.75, 3.05) is 7.05 Å². The van der Waals surface area contributed by atoms with E-state index in [2.05, 4.69) is 5.16 Å². The van der Waals surface area contributed by atoms with Gasteiger partial charge in [-0.25, -0.2) is 0 Å². The average Bonchev–Trinajstić information content (AvgIpc) is 2.58. The van der Waals surface area contributed by atoms with Gasteiger partial charge in [-0.3, -0.25) is 4.79 Å². The first kappa shape index (κ1) is 12.7. The van der Waals surface area contributed by atoms with Gasteiger partial charge in [-0.05, 0) is 20.3 Å². The van der Waals surface area contributed by atoms with Crippen molar-refractivity contribution in [1.29, 1.82) is 0 Å². The maximum atomic E-state index is 12.2. The van der Waals surface area contributed by atoms with E-state index in [0.29, 0.717) is 13.0 Å². The number of halogens is 2. The Morgan fingerprint density at radius 2 is 2.24 bits per heavy atom. The summed E-state index contributed by atoms with van der Waals surface area (Å²) in [4.78, 5) is 13.7. The highest BCUT2D eigenvalue weighted by Gasteiger charge is 2.68. The second-order valence-electron chi connectivity index (χ2n) is 4.80. The van der Waals surface area contributed by atoms with Gasteiger partial charge in [-0.2, -0.15) is 0 Å². The molecule has 0 bridgehead atoms. The monoisotopic (exact) mass is 276 g/mol. The molecule has 1 aromatic rings. The van der Waals surface area contributed by atoms with Crippen molar-refractivity contribution in [2.45, 2.75) is 31.1 Å². The molecule has 1 aliphatic carbocycles.